The topological polar surface area (TPSA) is 125 Å². The molecule has 2 unspecified atom stereocenters. The Labute approximate surface area is 225 Å². The number of aliphatic hydroxyl groups excluding tert-OH is 1. The van der Waals surface area contributed by atoms with E-state index in [0.717, 1.165) is 19.3 Å². The number of allylic oxidation sites excluding steroid dienone is 1. The number of para-hydroxylation sites is 1. The zero-order valence-electron chi connectivity index (χ0n) is 22.2. The smallest absolute Gasteiger partial charge is 0.255 e. The Hall–Kier alpha value is -3.08. The van der Waals surface area contributed by atoms with Crippen molar-refractivity contribution in [2.45, 2.75) is 56.6 Å². The van der Waals surface area contributed by atoms with Crippen LogP contribution in [0.15, 0.2) is 59.5 Å². The van der Waals surface area contributed by atoms with Gasteiger partial charge in [-0.2, -0.15) is 4.31 Å². The highest BCUT2D eigenvalue weighted by Gasteiger charge is 2.31. The molecular formula is C28H38N2O7S. The molecule has 0 saturated carbocycles. The molecule has 1 aliphatic heterocycles. The van der Waals surface area contributed by atoms with Gasteiger partial charge in [-0.05, 0) is 61.6 Å². The third kappa shape index (κ3) is 7.72. The molecule has 3 N–H and O–H groups in total. The lowest BCUT2D eigenvalue weighted by atomic mass is 10.0. The molecule has 0 aromatic heterocycles. The van der Waals surface area contributed by atoms with E-state index in [1.54, 1.807) is 18.2 Å². The summed E-state index contributed by atoms with van der Waals surface area (Å²) in [4.78, 5) is 13.3. The number of hydrogen-bond acceptors (Lipinski definition) is 7. The molecule has 208 valence electrons. The second kappa shape index (κ2) is 13.6. The molecule has 1 heterocycles. The van der Waals surface area contributed by atoms with Crippen molar-refractivity contribution in [1.82, 2.24) is 9.62 Å². The van der Waals surface area contributed by atoms with Gasteiger partial charge < -0.3 is 25.0 Å². The zero-order chi connectivity index (χ0) is 27.7. The van der Waals surface area contributed by atoms with Crippen molar-refractivity contribution in [2.75, 3.05) is 26.8 Å². The molecule has 3 rings (SSSR count). The Bertz CT molecular complexity index is 1200. The van der Waals surface area contributed by atoms with Crippen molar-refractivity contribution in [1.29, 1.82) is 0 Å². The van der Waals surface area contributed by atoms with Crippen LogP contribution in [0.1, 0.15) is 49.9 Å². The van der Waals surface area contributed by atoms with Crippen molar-refractivity contribution in [3.63, 3.8) is 0 Å². The van der Waals surface area contributed by atoms with E-state index < -0.39 is 28.1 Å². The van der Waals surface area contributed by atoms with Gasteiger partial charge in [0, 0.05) is 13.1 Å². The van der Waals surface area contributed by atoms with Crippen LogP contribution in [-0.4, -0.2) is 67.8 Å². The Morgan fingerprint density at radius 2 is 1.84 bits per heavy atom. The Morgan fingerprint density at radius 1 is 1.11 bits per heavy atom. The number of amides is 1. The van der Waals surface area contributed by atoms with Crippen LogP contribution in [0.2, 0.25) is 0 Å². The van der Waals surface area contributed by atoms with Crippen LogP contribution in [0, 0.1) is 5.92 Å². The first-order chi connectivity index (χ1) is 18.1. The van der Waals surface area contributed by atoms with Gasteiger partial charge in [-0.15, -0.1) is 0 Å². The van der Waals surface area contributed by atoms with Crippen LogP contribution in [-0.2, 0) is 10.0 Å². The van der Waals surface area contributed by atoms with Crippen LogP contribution in [0.4, 0.5) is 0 Å². The summed E-state index contributed by atoms with van der Waals surface area (Å²) in [5.41, 5.74) is 0.139. The normalized spacial score (nSPS) is 18.8. The molecule has 1 aliphatic rings. The summed E-state index contributed by atoms with van der Waals surface area (Å²) in [6, 6.07) is 9.92. The molecule has 9 nitrogen and oxygen atoms in total. The number of benzene rings is 2. The maximum Gasteiger partial charge on any atom is 0.255 e. The maximum absolute atomic E-state index is 13.5. The summed E-state index contributed by atoms with van der Waals surface area (Å²) in [5, 5.41) is 24.4. The van der Waals surface area contributed by atoms with Gasteiger partial charge in [0.25, 0.3) is 5.91 Å². The minimum absolute atomic E-state index is 0.00339. The molecule has 0 fully saturated rings. The number of carbonyl (C=O) groups is 1. The second-order valence-electron chi connectivity index (χ2n) is 9.76. The van der Waals surface area contributed by atoms with Gasteiger partial charge in [0.1, 0.15) is 12.4 Å². The van der Waals surface area contributed by atoms with Gasteiger partial charge in [0.15, 0.2) is 11.5 Å². The van der Waals surface area contributed by atoms with E-state index in [-0.39, 0.29) is 47.6 Å². The third-order valence-corrected chi connectivity index (χ3v) is 8.15. The van der Waals surface area contributed by atoms with Crippen molar-refractivity contribution in [3.05, 3.63) is 60.2 Å². The van der Waals surface area contributed by atoms with Gasteiger partial charge in [0.2, 0.25) is 10.0 Å². The van der Waals surface area contributed by atoms with E-state index in [0.29, 0.717) is 12.2 Å². The highest BCUT2D eigenvalue weighted by atomic mass is 32.2. The average Bonchev–Trinajstić information content (AvgIpc) is 2.90. The van der Waals surface area contributed by atoms with Gasteiger partial charge in [-0.25, -0.2) is 8.42 Å². The van der Waals surface area contributed by atoms with Crippen LogP contribution < -0.4 is 14.8 Å². The SMILES string of the molecule is COc1ccc(S(=O)(=O)N(CC(C)C)CC(O)C2CCCC/C=C\COc3c(O)cccc3C(=O)N2)cc1. The fraction of sp³-hybridized carbons (Fsp3) is 0.464. The van der Waals surface area contributed by atoms with Crippen molar-refractivity contribution in [2.24, 2.45) is 5.92 Å². The molecule has 2 atom stereocenters. The molecule has 1 amide bonds. The third-order valence-electron chi connectivity index (χ3n) is 6.30. The van der Waals surface area contributed by atoms with Crippen LogP contribution in [0.3, 0.4) is 0 Å². The van der Waals surface area contributed by atoms with Gasteiger partial charge in [-0.1, -0.05) is 38.5 Å². The number of methoxy groups -OCH3 is 1. The molecule has 0 spiro atoms. The first kappa shape index (κ1) is 29.5. The number of sulfonamides is 1. The van der Waals surface area contributed by atoms with E-state index in [1.165, 1.54) is 35.7 Å². The first-order valence-corrected chi connectivity index (χ1v) is 14.3. The van der Waals surface area contributed by atoms with Crippen LogP contribution in [0.5, 0.6) is 17.2 Å². The van der Waals surface area contributed by atoms with Crippen molar-refractivity contribution < 1.29 is 32.9 Å². The highest BCUT2D eigenvalue weighted by molar-refractivity contribution is 7.89. The Morgan fingerprint density at radius 3 is 2.53 bits per heavy atom. The summed E-state index contributed by atoms with van der Waals surface area (Å²) < 4.78 is 39.1. The molecule has 0 bridgehead atoms. The molecule has 38 heavy (non-hydrogen) atoms. The summed E-state index contributed by atoms with van der Waals surface area (Å²) in [7, 11) is -2.42. The Balaban J connectivity index is 1.87. The first-order valence-electron chi connectivity index (χ1n) is 12.9. The van der Waals surface area contributed by atoms with Crippen LogP contribution in [0.25, 0.3) is 0 Å². The van der Waals surface area contributed by atoms with E-state index in [1.807, 2.05) is 26.0 Å². The fourth-order valence-electron chi connectivity index (χ4n) is 4.32. The van der Waals surface area contributed by atoms with Crippen LogP contribution >= 0.6 is 0 Å². The lowest BCUT2D eigenvalue weighted by Crippen LogP contribution is -2.50. The summed E-state index contributed by atoms with van der Waals surface area (Å²) in [6.07, 6.45) is 5.43. The van der Waals surface area contributed by atoms with Gasteiger partial charge >= 0.3 is 0 Å². The number of ether oxygens (including phenoxy) is 2. The minimum Gasteiger partial charge on any atom is -0.504 e. The average molecular weight is 547 g/mol. The molecular weight excluding hydrogens is 508 g/mol. The number of carbonyl (C=O) groups excluding carboxylic acids is 1. The van der Waals surface area contributed by atoms with E-state index in [4.69, 9.17) is 9.47 Å². The number of aromatic hydroxyl groups is 1. The standard InChI is InChI=1S/C28H38N2O7S/c1-20(2)18-30(38(34,35)22-15-13-21(36-3)14-16-22)19-26(32)24-11-7-5-4-6-8-17-37-27-23(28(33)29-24)10-9-12-25(27)31/h6,8-10,12-16,20,24,26,31-32H,4-5,7,11,17-19H2,1-3H3,(H,29,33)/b8-6-. The van der Waals surface area contributed by atoms with E-state index >= 15 is 0 Å². The zero-order valence-corrected chi connectivity index (χ0v) is 23.0. The number of rotatable bonds is 8. The monoisotopic (exact) mass is 546 g/mol. The quantitative estimate of drug-likeness (QED) is 0.431. The largest absolute Gasteiger partial charge is 0.504 e. The van der Waals surface area contributed by atoms with Gasteiger partial charge in [-0.3, -0.25) is 4.79 Å². The van der Waals surface area contributed by atoms with E-state index in [9.17, 15) is 23.4 Å². The number of hydrogen-bond donors (Lipinski definition) is 3. The molecule has 2 aromatic carbocycles. The number of fused-ring (bicyclic) bond motifs is 1. The lowest BCUT2D eigenvalue weighted by Gasteiger charge is -2.31. The second-order valence-corrected chi connectivity index (χ2v) is 11.7. The minimum atomic E-state index is -3.92. The molecule has 0 saturated heterocycles. The predicted molar refractivity (Wildman–Crippen MR) is 145 cm³/mol. The number of phenolic OH excluding ortho intramolecular Hbond substituents is 1. The predicted octanol–water partition coefficient (Wildman–Crippen LogP) is 3.72. The molecule has 0 radical (unpaired) electrons. The number of phenols is 1. The fourth-order valence-corrected chi connectivity index (χ4v) is 5.94. The number of nitrogens with zero attached hydrogens (tertiary/aromatic N) is 1. The highest BCUT2D eigenvalue weighted by Crippen LogP contribution is 2.30. The summed E-state index contributed by atoms with van der Waals surface area (Å²) in [6.45, 7) is 4.01. The van der Waals surface area contributed by atoms with Gasteiger partial charge in [0.05, 0.1) is 29.7 Å². The van der Waals surface area contributed by atoms with Crippen molar-refractivity contribution in [3.8, 4) is 17.2 Å². The summed E-state index contributed by atoms with van der Waals surface area (Å²) in [5.74, 6) is -0.0751. The van der Waals surface area contributed by atoms with Crippen molar-refractivity contribution >= 4 is 15.9 Å². The van der Waals surface area contributed by atoms with E-state index in [2.05, 4.69) is 5.32 Å². The molecule has 10 heteroatoms. The lowest BCUT2D eigenvalue weighted by molar-refractivity contribution is 0.0752. The molecule has 0 aliphatic carbocycles. The molecule has 2 aromatic rings. The maximum atomic E-state index is 13.5. The summed E-state index contributed by atoms with van der Waals surface area (Å²) >= 11 is 0. The Kier molecular flexibility index (Phi) is 10.6. The number of nitrogens with one attached hydrogen (secondary N) is 1. The number of aliphatic hydroxyl groups is 1.